The molecule has 0 bridgehead atoms. The van der Waals surface area contributed by atoms with Gasteiger partial charge < -0.3 is 25.4 Å². The first-order chi connectivity index (χ1) is 18.1. The molecule has 39 heavy (non-hydrogen) atoms. The zero-order valence-corrected chi connectivity index (χ0v) is 20.2. The van der Waals surface area contributed by atoms with E-state index in [0.29, 0.717) is 10.6 Å². The molecule has 1 heterocycles. The zero-order chi connectivity index (χ0) is 29.1. The fourth-order valence-corrected chi connectivity index (χ4v) is 3.73. The number of urea groups is 1. The number of aromatic nitrogens is 1. The lowest BCUT2D eigenvalue weighted by molar-refractivity contribution is -0.143. The van der Waals surface area contributed by atoms with Gasteiger partial charge in [0.05, 0.1) is 30.1 Å². The number of nitrogens with one attached hydrogen (secondary N) is 2. The number of carbonyl (C=O) groups is 2. The van der Waals surface area contributed by atoms with Gasteiger partial charge in [0.25, 0.3) is 5.56 Å². The number of carbonyl (C=O) groups excluding carboxylic acids is 1. The van der Waals surface area contributed by atoms with Crippen molar-refractivity contribution in [3.63, 3.8) is 0 Å². The van der Waals surface area contributed by atoms with Crippen molar-refractivity contribution in [2.45, 2.75) is 31.4 Å². The van der Waals surface area contributed by atoms with Gasteiger partial charge in [-0.1, -0.05) is 29.8 Å². The van der Waals surface area contributed by atoms with Crippen molar-refractivity contribution in [2.24, 2.45) is 0 Å². The molecule has 0 spiro atoms. The van der Waals surface area contributed by atoms with Crippen LogP contribution < -0.4 is 16.2 Å². The predicted molar refractivity (Wildman–Crippen MR) is 127 cm³/mol. The second kappa shape index (κ2) is 11.3. The molecule has 0 saturated carbocycles. The van der Waals surface area contributed by atoms with E-state index in [1.807, 2.05) is 10.6 Å². The number of aromatic hydroxyl groups is 1. The third kappa shape index (κ3) is 7.44. The number of rotatable bonds is 7. The fourth-order valence-electron chi connectivity index (χ4n) is 3.53. The van der Waals surface area contributed by atoms with E-state index in [0.717, 1.165) is 10.6 Å². The summed E-state index contributed by atoms with van der Waals surface area (Å²) in [6, 6.07) is 4.67. The maximum atomic E-state index is 13.3. The number of carboxylic acids is 1. The molecule has 0 fully saturated rings. The van der Waals surface area contributed by atoms with Gasteiger partial charge in [-0.05, 0) is 41.5 Å². The lowest BCUT2D eigenvalue weighted by Crippen LogP contribution is -2.36. The van der Waals surface area contributed by atoms with Crippen molar-refractivity contribution in [3.05, 3.63) is 92.4 Å². The van der Waals surface area contributed by atoms with Crippen LogP contribution in [0.5, 0.6) is 5.75 Å². The monoisotopic (exact) mass is 577 g/mol. The largest absolute Gasteiger partial charge is 0.505 e. The third-order valence-electron chi connectivity index (χ3n) is 5.38. The number of amides is 2. The Balaban J connectivity index is 1.94. The van der Waals surface area contributed by atoms with Crippen LogP contribution in [0.1, 0.15) is 34.7 Å². The quantitative estimate of drug-likeness (QED) is 0.271. The van der Waals surface area contributed by atoms with E-state index in [1.54, 1.807) is 24.3 Å². The van der Waals surface area contributed by atoms with E-state index >= 15 is 0 Å². The summed E-state index contributed by atoms with van der Waals surface area (Å²) in [6.07, 6.45) is -10.3. The highest BCUT2D eigenvalue weighted by atomic mass is 35.5. The summed E-state index contributed by atoms with van der Waals surface area (Å²) in [7, 11) is 0. The molecule has 0 aliphatic carbocycles. The number of hydrogen-bond acceptors (Lipinski definition) is 4. The van der Waals surface area contributed by atoms with Crippen LogP contribution in [-0.2, 0) is 23.7 Å². The molecule has 3 aromatic rings. The predicted octanol–water partition coefficient (Wildman–Crippen LogP) is 5.63. The molecule has 15 heteroatoms. The lowest BCUT2D eigenvalue weighted by atomic mass is 9.97. The van der Waals surface area contributed by atoms with Crippen LogP contribution in [0.15, 0.2) is 59.5 Å². The van der Waals surface area contributed by atoms with E-state index in [9.17, 15) is 50.9 Å². The maximum absolute atomic E-state index is 13.3. The van der Waals surface area contributed by atoms with Crippen molar-refractivity contribution >= 4 is 29.3 Å². The summed E-state index contributed by atoms with van der Waals surface area (Å²) in [5, 5.41) is 23.5. The van der Waals surface area contributed by atoms with Crippen molar-refractivity contribution in [3.8, 4) is 5.75 Å². The summed E-state index contributed by atoms with van der Waals surface area (Å²) in [4.78, 5) is 36.8. The standard InChI is InChI=1S/C24H18ClF6N3O5/c25-16-4-2-1-3-12(16)11-34-6-5-18(35)20(21(34)38)33-22(39)32-17(10-19(36)37)13-7-14(23(26,27)28)9-15(8-13)24(29,30)31/h1-9,17,35H,10-11H2,(H,36,37)(H2,32,33,39)/t17-/m0/s1. The van der Waals surface area contributed by atoms with Gasteiger partial charge in [0.15, 0.2) is 5.69 Å². The minimum absolute atomic E-state index is 0.0822. The Bertz CT molecular complexity index is 1420. The Hall–Kier alpha value is -4.20. The molecule has 1 aromatic heterocycles. The number of alkyl halides is 6. The van der Waals surface area contributed by atoms with Crippen molar-refractivity contribution < 1.29 is 46.1 Å². The number of pyridine rings is 1. The fraction of sp³-hybridized carbons (Fsp3) is 0.208. The molecule has 2 aromatic carbocycles. The van der Waals surface area contributed by atoms with Gasteiger partial charge in [-0.25, -0.2) is 4.79 Å². The highest BCUT2D eigenvalue weighted by molar-refractivity contribution is 6.31. The smallest absolute Gasteiger partial charge is 0.416 e. The Labute approximate surface area is 220 Å². The minimum Gasteiger partial charge on any atom is -0.505 e. The summed E-state index contributed by atoms with van der Waals surface area (Å²) in [6.45, 7) is -0.0822. The lowest BCUT2D eigenvalue weighted by Gasteiger charge is -2.21. The van der Waals surface area contributed by atoms with E-state index < -0.39 is 70.5 Å². The summed E-state index contributed by atoms with van der Waals surface area (Å²) < 4.78 is 80.6. The Morgan fingerprint density at radius 3 is 2.10 bits per heavy atom. The number of hydrogen-bond donors (Lipinski definition) is 4. The van der Waals surface area contributed by atoms with Crippen molar-refractivity contribution in [2.75, 3.05) is 5.32 Å². The summed E-state index contributed by atoms with van der Waals surface area (Å²) >= 11 is 6.08. The molecule has 0 aliphatic heterocycles. The van der Waals surface area contributed by atoms with E-state index in [2.05, 4.69) is 0 Å². The Morgan fingerprint density at radius 2 is 1.56 bits per heavy atom. The zero-order valence-electron chi connectivity index (χ0n) is 19.4. The van der Waals surface area contributed by atoms with Crippen LogP contribution in [0.2, 0.25) is 5.02 Å². The molecule has 8 nitrogen and oxygen atoms in total. The Kier molecular flexibility index (Phi) is 8.48. The molecule has 2 amide bonds. The molecule has 0 aliphatic rings. The van der Waals surface area contributed by atoms with Crippen LogP contribution in [0.3, 0.4) is 0 Å². The average molecular weight is 578 g/mol. The van der Waals surface area contributed by atoms with Crippen LogP contribution in [0, 0.1) is 0 Å². The first-order valence-electron chi connectivity index (χ1n) is 10.8. The maximum Gasteiger partial charge on any atom is 0.416 e. The molecule has 3 rings (SSSR count). The van der Waals surface area contributed by atoms with E-state index in [-0.39, 0.29) is 24.7 Å². The van der Waals surface area contributed by atoms with Crippen molar-refractivity contribution in [1.82, 2.24) is 9.88 Å². The number of halogens is 7. The van der Waals surface area contributed by atoms with Gasteiger partial charge >= 0.3 is 24.4 Å². The van der Waals surface area contributed by atoms with Gasteiger partial charge in [0.1, 0.15) is 5.75 Å². The Morgan fingerprint density at radius 1 is 0.974 bits per heavy atom. The van der Waals surface area contributed by atoms with Gasteiger partial charge in [-0.2, -0.15) is 26.3 Å². The highest BCUT2D eigenvalue weighted by Crippen LogP contribution is 2.38. The molecular weight excluding hydrogens is 560 g/mol. The number of carboxylic acid groups (broad SMARTS) is 1. The number of benzene rings is 2. The highest BCUT2D eigenvalue weighted by Gasteiger charge is 2.38. The molecule has 1 atom stereocenters. The second-order valence-electron chi connectivity index (χ2n) is 8.19. The summed E-state index contributed by atoms with van der Waals surface area (Å²) in [5.74, 6) is -2.37. The van der Waals surface area contributed by atoms with Gasteiger partial charge in [-0.3, -0.25) is 9.59 Å². The van der Waals surface area contributed by atoms with Crippen molar-refractivity contribution in [1.29, 1.82) is 0 Å². The molecule has 0 unspecified atom stereocenters. The van der Waals surface area contributed by atoms with Gasteiger partial charge in [-0.15, -0.1) is 0 Å². The van der Waals surface area contributed by atoms with Crippen LogP contribution in [0.25, 0.3) is 0 Å². The second-order valence-corrected chi connectivity index (χ2v) is 8.60. The van der Waals surface area contributed by atoms with E-state index in [4.69, 9.17) is 11.6 Å². The SMILES string of the molecule is O=C(O)C[C@H](NC(=O)Nc1c(O)ccn(Cc2ccccc2Cl)c1=O)c1cc(C(F)(F)F)cc(C(F)(F)F)c1. The van der Waals surface area contributed by atoms with E-state index in [1.165, 1.54) is 6.20 Å². The van der Waals surface area contributed by atoms with Gasteiger partial charge in [0, 0.05) is 11.2 Å². The molecule has 0 saturated heterocycles. The number of nitrogens with zero attached hydrogens (tertiary/aromatic N) is 1. The van der Waals surface area contributed by atoms with Crippen LogP contribution in [-0.4, -0.2) is 26.8 Å². The minimum atomic E-state index is -5.21. The number of aliphatic carboxylic acids is 1. The van der Waals surface area contributed by atoms with Gasteiger partial charge in [0.2, 0.25) is 0 Å². The third-order valence-corrected chi connectivity index (χ3v) is 5.75. The first-order valence-corrected chi connectivity index (χ1v) is 11.2. The first kappa shape index (κ1) is 29.4. The summed E-state index contributed by atoms with van der Waals surface area (Å²) in [5.41, 5.74) is -5.34. The number of anilines is 1. The normalized spacial score (nSPS) is 12.6. The van der Waals surface area contributed by atoms with Crippen LogP contribution in [0.4, 0.5) is 36.8 Å². The molecule has 4 N–H and O–H groups in total. The molecule has 0 radical (unpaired) electrons. The average Bonchev–Trinajstić information content (AvgIpc) is 2.82. The molecular formula is C24H18ClF6N3O5. The van der Waals surface area contributed by atoms with Crippen LogP contribution >= 0.6 is 11.6 Å². The molecule has 208 valence electrons. The topological polar surface area (TPSA) is 121 Å².